The molecule has 0 bridgehead atoms. The van der Waals surface area contributed by atoms with Crippen molar-refractivity contribution in [1.29, 1.82) is 0 Å². The fourth-order valence-corrected chi connectivity index (χ4v) is 3.61. The average Bonchev–Trinajstić information content (AvgIpc) is 3.07. The molecular weight excluding hydrogens is 461 g/mol. The van der Waals surface area contributed by atoms with Gasteiger partial charge in [-0.25, -0.2) is 13.1 Å². The van der Waals surface area contributed by atoms with Gasteiger partial charge in [0.1, 0.15) is 5.75 Å². The molecule has 0 N–H and O–H groups in total. The zero-order valence-electron chi connectivity index (χ0n) is 14.7. The Morgan fingerprint density at radius 3 is 2.25 bits per heavy atom. The summed E-state index contributed by atoms with van der Waals surface area (Å²) in [6.07, 6.45) is -3.58. The second-order valence-electron chi connectivity index (χ2n) is 5.94. The molecule has 0 aliphatic heterocycles. The molecule has 0 atom stereocenters. The number of nitrogens with zero attached hydrogens (tertiary/aromatic N) is 2. The van der Waals surface area contributed by atoms with Crippen LogP contribution in [0.3, 0.4) is 0 Å². The molecule has 1 heterocycles. The van der Waals surface area contributed by atoms with Crippen LogP contribution < -0.4 is 4.74 Å². The number of benzene rings is 2. The predicted molar refractivity (Wildman–Crippen MR) is 101 cm³/mol. The number of alkyl halides is 3. The Morgan fingerprint density at radius 2 is 1.71 bits per heavy atom. The summed E-state index contributed by atoms with van der Waals surface area (Å²) in [6, 6.07) is 11.3. The van der Waals surface area contributed by atoms with Crippen molar-refractivity contribution >= 4 is 25.8 Å². The highest BCUT2D eigenvalue weighted by atomic mass is 79.9. The number of methoxy groups -OCH3 is 1. The Hall–Kier alpha value is -2.33. The van der Waals surface area contributed by atoms with E-state index in [0.29, 0.717) is 21.5 Å². The van der Waals surface area contributed by atoms with Gasteiger partial charge in [-0.05, 0) is 46.3 Å². The van der Waals surface area contributed by atoms with Gasteiger partial charge < -0.3 is 4.74 Å². The van der Waals surface area contributed by atoms with Gasteiger partial charge in [-0.3, -0.25) is 0 Å². The van der Waals surface area contributed by atoms with Gasteiger partial charge in [0.15, 0.2) is 15.5 Å². The molecule has 5 nitrogen and oxygen atoms in total. The topological polar surface area (TPSA) is 61.2 Å². The molecule has 0 unspecified atom stereocenters. The van der Waals surface area contributed by atoms with Crippen molar-refractivity contribution in [2.75, 3.05) is 13.4 Å². The molecule has 0 radical (unpaired) electrons. The Balaban J connectivity index is 2.19. The van der Waals surface area contributed by atoms with E-state index in [2.05, 4.69) is 21.0 Å². The second-order valence-corrected chi connectivity index (χ2v) is 8.81. The minimum absolute atomic E-state index is 0.0728. The molecule has 0 saturated carbocycles. The lowest BCUT2D eigenvalue weighted by Crippen LogP contribution is -2.07. The van der Waals surface area contributed by atoms with E-state index in [1.54, 1.807) is 18.2 Å². The molecule has 148 valence electrons. The van der Waals surface area contributed by atoms with Crippen LogP contribution in [0.5, 0.6) is 5.75 Å². The minimum Gasteiger partial charge on any atom is -0.495 e. The molecule has 2 aromatic carbocycles. The normalized spacial score (nSPS) is 12.2. The number of sulfone groups is 1. The molecule has 1 aromatic heterocycles. The van der Waals surface area contributed by atoms with Gasteiger partial charge in [0.05, 0.1) is 27.9 Å². The van der Waals surface area contributed by atoms with Gasteiger partial charge in [0.2, 0.25) is 0 Å². The van der Waals surface area contributed by atoms with Crippen molar-refractivity contribution in [1.82, 2.24) is 9.78 Å². The third-order valence-electron chi connectivity index (χ3n) is 3.96. The van der Waals surface area contributed by atoms with Crippen LogP contribution >= 0.6 is 15.9 Å². The molecule has 0 fully saturated rings. The number of aromatic nitrogens is 2. The summed E-state index contributed by atoms with van der Waals surface area (Å²) in [5.41, 5.74) is -0.150. The molecule has 3 rings (SSSR count). The van der Waals surface area contributed by atoms with Crippen molar-refractivity contribution in [2.45, 2.75) is 11.1 Å². The summed E-state index contributed by atoms with van der Waals surface area (Å²) in [5.74, 6) is 0.430. The Morgan fingerprint density at radius 1 is 1.07 bits per heavy atom. The summed E-state index contributed by atoms with van der Waals surface area (Å²) in [5, 5.41) is 3.71. The Labute approximate surface area is 167 Å². The number of ether oxygens (including phenoxy) is 1. The van der Waals surface area contributed by atoms with Crippen molar-refractivity contribution in [3.05, 3.63) is 58.7 Å². The fourth-order valence-electron chi connectivity index (χ4n) is 2.58. The van der Waals surface area contributed by atoms with E-state index in [1.807, 2.05) is 0 Å². The number of rotatable bonds is 4. The van der Waals surface area contributed by atoms with Crippen LogP contribution in [0.15, 0.2) is 57.9 Å². The molecule has 0 aliphatic carbocycles. The first-order valence-electron chi connectivity index (χ1n) is 7.82. The van der Waals surface area contributed by atoms with Crippen LogP contribution in [0.25, 0.3) is 16.9 Å². The first kappa shape index (κ1) is 20.4. The molecular formula is C18H14BrF3N2O3S. The van der Waals surface area contributed by atoms with Crippen LogP contribution in [0.4, 0.5) is 13.2 Å². The number of hydrogen-bond donors (Lipinski definition) is 0. The molecule has 0 aliphatic rings. The van der Waals surface area contributed by atoms with Crippen molar-refractivity contribution in [3.63, 3.8) is 0 Å². The van der Waals surface area contributed by atoms with E-state index < -0.39 is 21.7 Å². The predicted octanol–water partition coefficient (Wildman–Crippen LogP) is 4.73. The first-order chi connectivity index (χ1) is 13.0. The van der Waals surface area contributed by atoms with Crippen LogP contribution in [0, 0.1) is 0 Å². The fraction of sp³-hybridized carbons (Fsp3) is 0.167. The zero-order chi connectivity index (χ0) is 20.7. The summed E-state index contributed by atoms with van der Waals surface area (Å²) in [4.78, 5) is 0.0728. The highest BCUT2D eigenvalue weighted by molar-refractivity contribution is 9.10. The van der Waals surface area contributed by atoms with Gasteiger partial charge in [-0.15, -0.1) is 0 Å². The first-order valence-corrected chi connectivity index (χ1v) is 10.5. The van der Waals surface area contributed by atoms with E-state index in [4.69, 9.17) is 4.74 Å². The maximum atomic E-state index is 13.3. The van der Waals surface area contributed by atoms with Gasteiger partial charge in [-0.1, -0.05) is 12.1 Å². The summed E-state index contributed by atoms with van der Waals surface area (Å²) in [7, 11) is -1.98. The monoisotopic (exact) mass is 474 g/mol. The Kier molecular flexibility index (Phi) is 5.28. The van der Waals surface area contributed by atoms with Crippen LogP contribution in [-0.2, 0) is 16.0 Å². The quantitative estimate of drug-likeness (QED) is 0.548. The molecule has 0 amide bonds. The third-order valence-corrected chi connectivity index (χ3v) is 5.74. The van der Waals surface area contributed by atoms with Crippen LogP contribution in [-0.4, -0.2) is 31.6 Å². The number of hydrogen-bond acceptors (Lipinski definition) is 4. The molecule has 3 aromatic rings. The maximum absolute atomic E-state index is 13.3. The standard InChI is InChI=1S/C18H14BrF3N2O3S/c1-27-16-9-12(5-8-14(16)19)24-15(10-17(23-24)18(20,21)22)11-3-6-13(7-4-11)28(2,25)26/h3-10H,1-2H3. The molecule has 10 heteroatoms. The van der Waals surface area contributed by atoms with Crippen molar-refractivity contribution in [3.8, 4) is 22.7 Å². The largest absolute Gasteiger partial charge is 0.495 e. The number of halogens is 4. The van der Waals surface area contributed by atoms with Crippen molar-refractivity contribution in [2.24, 2.45) is 0 Å². The second kappa shape index (κ2) is 7.25. The summed E-state index contributed by atoms with van der Waals surface area (Å²) in [6.45, 7) is 0. The maximum Gasteiger partial charge on any atom is 0.435 e. The highest BCUT2D eigenvalue weighted by Gasteiger charge is 2.35. The summed E-state index contributed by atoms with van der Waals surface area (Å²) < 4.78 is 70.0. The van der Waals surface area contributed by atoms with E-state index >= 15 is 0 Å². The van der Waals surface area contributed by atoms with Gasteiger partial charge in [0, 0.05) is 17.9 Å². The Bertz CT molecular complexity index is 1120. The minimum atomic E-state index is -4.63. The molecule has 28 heavy (non-hydrogen) atoms. The average molecular weight is 475 g/mol. The van der Waals surface area contributed by atoms with Crippen molar-refractivity contribution < 1.29 is 26.3 Å². The highest BCUT2D eigenvalue weighted by Crippen LogP contribution is 2.35. The third kappa shape index (κ3) is 4.07. The van der Waals surface area contributed by atoms with Crippen LogP contribution in [0.2, 0.25) is 0 Å². The molecule has 0 saturated heterocycles. The van der Waals surface area contributed by atoms with E-state index in [9.17, 15) is 21.6 Å². The van der Waals surface area contributed by atoms with E-state index in [0.717, 1.165) is 17.0 Å². The van der Waals surface area contributed by atoms with Gasteiger partial charge in [-0.2, -0.15) is 18.3 Å². The summed E-state index contributed by atoms with van der Waals surface area (Å²) >= 11 is 3.30. The van der Waals surface area contributed by atoms with Gasteiger partial charge in [0.25, 0.3) is 0 Å². The van der Waals surface area contributed by atoms with Gasteiger partial charge >= 0.3 is 6.18 Å². The van der Waals surface area contributed by atoms with E-state index in [-0.39, 0.29) is 10.6 Å². The van der Waals surface area contributed by atoms with Crippen LogP contribution in [0.1, 0.15) is 5.69 Å². The zero-order valence-corrected chi connectivity index (χ0v) is 17.1. The smallest absolute Gasteiger partial charge is 0.435 e. The molecule has 0 spiro atoms. The van der Waals surface area contributed by atoms with E-state index in [1.165, 1.54) is 31.4 Å². The lowest BCUT2D eigenvalue weighted by atomic mass is 10.1. The lowest BCUT2D eigenvalue weighted by molar-refractivity contribution is -0.141. The lowest BCUT2D eigenvalue weighted by Gasteiger charge is -2.11. The SMILES string of the molecule is COc1cc(-n2nc(C(F)(F)F)cc2-c2ccc(S(C)(=O)=O)cc2)ccc1Br.